The van der Waals surface area contributed by atoms with Crippen LogP contribution in [0.15, 0.2) is 48.6 Å². The average Bonchev–Trinajstić information content (AvgIpc) is 3.22. The molecule has 0 radical (unpaired) electrons. The Morgan fingerprint density at radius 2 is 1.39 bits per heavy atom. The number of nitrogens with one attached hydrogen (secondary N) is 1. The summed E-state index contributed by atoms with van der Waals surface area (Å²) in [6.45, 7) is 2.06. The molecule has 1 N–H and O–H groups in total. The van der Waals surface area contributed by atoms with Gasteiger partial charge in [-0.3, -0.25) is 4.79 Å². The highest BCUT2D eigenvalue weighted by atomic mass is 16.2. The van der Waals surface area contributed by atoms with Crippen molar-refractivity contribution in [3.05, 3.63) is 54.1 Å². The molecule has 0 spiro atoms. The van der Waals surface area contributed by atoms with Crippen LogP contribution in [-0.4, -0.2) is 5.91 Å². The normalized spacial score (nSPS) is 30.2. The van der Waals surface area contributed by atoms with Crippen LogP contribution in [0.5, 0.6) is 0 Å². The minimum absolute atomic E-state index is 0.207. The van der Waals surface area contributed by atoms with Gasteiger partial charge in [-0.2, -0.15) is 0 Å². The van der Waals surface area contributed by atoms with Crippen molar-refractivity contribution < 1.29 is 4.79 Å². The molecule has 2 aliphatic rings. The summed E-state index contributed by atoms with van der Waals surface area (Å²) in [4.78, 5) is 12.6. The van der Waals surface area contributed by atoms with Crippen molar-refractivity contribution in [1.29, 1.82) is 0 Å². The maximum atomic E-state index is 12.6. The maximum Gasteiger partial charge on any atom is 0.228 e. The van der Waals surface area contributed by atoms with Gasteiger partial charge in [0, 0.05) is 11.6 Å². The average molecular weight is 309 g/mol. The number of carbonyl (C=O) groups excluding carboxylic acids is 1. The van der Waals surface area contributed by atoms with E-state index in [-0.39, 0.29) is 11.8 Å². The zero-order valence-corrected chi connectivity index (χ0v) is 14.0. The fourth-order valence-electron chi connectivity index (χ4n) is 3.72. The number of hydrogen-bond acceptors (Lipinski definition) is 1. The molecule has 2 heteroatoms. The van der Waals surface area contributed by atoms with Gasteiger partial charge in [-0.15, -0.1) is 0 Å². The fraction of sp³-hybridized carbons (Fsp3) is 0.476. The molecule has 1 saturated carbocycles. The van der Waals surface area contributed by atoms with Gasteiger partial charge in [0.05, 0.1) is 0 Å². The van der Waals surface area contributed by atoms with Crippen molar-refractivity contribution in [3.8, 4) is 0 Å². The molecular weight excluding hydrogens is 282 g/mol. The van der Waals surface area contributed by atoms with Crippen LogP contribution >= 0.6 is 0 Å². The lowest BCUT2D eigenvalue weighted by molar-refractivity contribution is -0.117. The first-order valence-corrected chi connectivity index (χ1v) is 8.93. The van der Waals surface area contributed by atoms with Crippen LogP contribution in [-0.2, 0) is 4.79 Å². The van der Waals surface area contributed by atoms with Gasteiger partial charge in [0.2, 0.25) is 5.91 Å². The van der Waals surface area contributed by atoms with E-state index < -0.39 is 0 Å². The molecule has 1 fully saturated rings. The summed E-state index contributed by atoms with van der Waals surface area (Å²) >= 11 is 0. The van der Waals surface area contributed by atoms with E-state index in [1.165, 1.54) is 5.56 Å². The lowest BCUT2D eigenvalue weighted by atomic mass is 10.1. The third-order valence-corrected chi connectivity index (χ3v) is 5.12. The van der Waals surface area contributed by atoms with Crippen LogP contribution in [0.25, 0.3) is 0 Å². The molecule has 0 bridgehead atoms. The van der Waals surface area contributed by atoms with Crippen molar-refractivity contribution in [1.82, 2.24) is 0 Å². The monoisotopic (exact) mass is 309 g/mol. The second-order valence-corrected chi connectivity index (χ2v) is 6.88. The summed E-state index contributed by atoms with van der Waals surface area (Å²) in [7, 11) is 0. The minimum atomic E-state index is 0.207. The van der Waals surface area contributed by atoms with Crippen LogP contribution in [0.4, 0.5) is 5.69 Å². The van der Waals surface area contributed by atoms with E-state index in [4.69, 9.17) is 0 Å². The predicted molar refractivity (Wildman–Crippen MR) is 96.3 cm³/mol. The summed E-state index contributed by atoms with van der Waals surface area (Å²) in [6, 6.07) is 8.08. The van der Waals surface area contributed by atoms with Gasteiger partial charge in [-0.25, -0.2) is 0 Å². The molecule has 0 saturated heterocycles. The van der Waals surface area contributed by atoms with Gasteiger partial charge >= 0.3 is 0 Å². The summed E-state index contributed by atoms with van der Waals surface area (Å²) < 4.78 is 0. The number of anilines is 1. The molecule has 1 unspecified atom stereocenters. The number of benzene rings is 1. The number of fused-ring (bicyclic) bond motifs is 1. The number of allylic oxidation sites excluding steroid dienone is 4. The zero-order chi connectivity index (χ0) is 16.1. The van der Waals surface area contributed by atoms with Gasteiger partial charge in [0.1, 0.15) is 0 Å². The first kappa shape index (κ1) is 16.0. The summed E-state index contributed by atoms with van der Waals surface area (Å²) in [6.07, 6.45) is 15.9. The summed E-state index contributed by atoms with van der Waals surface area (Å²) in [5.74, 6) is 1.56. The predicted octanol–water partition coefficient (Wildman–Crippen LogP) is 5.26. The smallest absolute Gasteiger partial charge is 0.228 e. The lowest BCUT2D eigenvalue weighted by Gasteiger charge is -2.05. The summed E-state index contributed by atoms with van der Waals surface area (Å²) in [5, 5.41) is 3.11. The molecule has 0 aromatic heterocycles. The second kappa shape index (κ2) is 7.63. The molecule has 1 aromatic carbocycles. The topological polar surface area (TPSA) is 29.1 Å². The zero-order valence-electron chi connectivity index (χ0n) is 14.0. The first-order chi connectivity index (χ1) is 11.3. The number of amides is 1. The number of hydrogen-bond donors (Lipinski definition) is 1. The highest BCUT2D eigenvalue weighted by Crippen LogP contribution is 2.52. The van der Waals surface area contributed by atoms with E-state index in [0.717, 1.165) is 44.2 Å². The Kier molecular flexibility index (Phi) is 5.32. The molecule has 3 rings (SSSR count). The molecule has 1 aromatic rings. The third-order valence-electron chi connectivity index (χ3n) is 5.12. The Hall–Kier alpha value is -1.83. The van der Waals surface area contributed by atoms with Crippen LogP contribution in [0.1, 0.15) is 44.1 Å². The Labute approximate surface area is 139 Å². The van der Waals surface area contributed by atoms with E-state index in [1.54, 1.807) is 0 Å². The van der Waals surface area contributed by atoms with E-state index in [9.17, 15) is 4.79 Å². The molecule has 1 amide bonds. The standard InChI is InChI=1S/C21H27NO/c1-16-12-14-17(15-13-16)22-21(23)20-18-10-8-6-4-2-3-5-7-9-11-19(18)20/h4-7,12-15,18-20H,2-3,8-11H2,1H3,(H,22,23)/b6-4+,7-5+/t18-,19+,20?. The third kappa shape index (κ3) is 4.34. The highest BCUT2D eigenvalue weighted by Gasteiger charge is 2.52. The van der Waals surface area contributed by atoms with Crippen LogP contribution < -0.4 is 5.32 Å². The number of rotatable bonds is 2. The van der Waals surface area contributed by atoms with Crippen LogP contribution in [0.2, 0.25) is 0 Å². The molecule has 0 heterocycles. The van der Waals surface area contributed by atoms with Crippen LogP contribution in [0.3, 0.4) is 0 Å². The SMILES string of the molecule is Cc1ccc(NC(=O)C2[C@H]3CC/C=C/CC/C=C/CC[C@@H]23)cc1. The Morgan fingerprint density at radius 3 is 1.96 bits per heavy atom. The van der Waals surface area contributed by atoms with E-state index in [0.29, 0.717) is 11.8 Å². The van der Waals surface area contributed by atoms with E-state index >= 15 is 0 Å². The minimum Gasteiger partial charge on any atom is -0.326 e. The van der Waals surface area contributed by atoms with Gasteiger partial charge < -0.3 is 5.32 Å². The van der Waals surface area contributed by atoms with Crippen molar-refractivity contribution in [2.24, 2.45) is 17.8 Å². The quantitative estimate of drug-likeness (QED) is 0.742. The Balaban J connectivity index is 1.60. The van der Waals surface area contributed by atoms with Gasteiger partial charge in [-0.1, -0.05) is 42.0 Å². The number of aryl methyl sites for hydroxylation is 1. The Morgan fingerprint density at radius 1 is 0.870 bits per heavy atom. The van der Waals surface area contributed by atoms with E-state index in [1.807, 2.05) is 24.3 Å². The largest absolute Gasteiger partial charge is 0.326 e. The Bertz CT molecular complexity index is 560. The molecule has 122 valence electrons. The molecular formula is C21H27NO. The van der Waals surface area contributed by atoms with E-state index in [2.05, 4.69) is 36.5 Å². The molecule has 2 aliphatic carbocycles. The van der Waals surface area contributed by atoms with Gasteiger partial charge in [-0.05, 0) is 69.4 Å². The molecule has 23 heavy (non-hydrogen) atoms. The van der Waals surface area contributed by atoms with Crippen molar-refractivity contribution in [3.63, 3.8) is 0 Å². The summed E-state index contributed by atoms with van der Waals surface area (Å²) in [5.41, 5.74) is 2.14. The van der Waals surface area contributed by atoms with Gasteiger partial charge in [0.15, 0.2) is 0 Å². The maximum absolute atomic E-state index is 12.6. The van der Waals surface area contributed by atoms with Crippen molar-refractivity contribution >= 4 is 11.6 Å². The first-order valence-electron chi connectivity index (χ1n) is 8.93. The fourth-order valence-corrected chi connectivity index (χ4v) is 3.72. The second-order valence-electron chi connectivity index (χ2n) is 6.88. The molecule has 0 aliphatic heterocycles. The lowest BCUT2D eigenvalue weighted by Crippen LogP contribution is -2.15. The van der Waals surface area contributed by atoms with Crippen molar-refractivity contribution in [2.75, 3.05) is 5.32 Å². The molecule has 2 nitrogen and oxygen atoms in total. The van der Waals surface area contributed by atoms with Crippen molar-refractivity contribution in [2.45, 2.75) is 45.4 Å². The van der Waals surface area contributed by atoms with Gasteiger partial charge in [0.25, 0.3) is 0 Å². The highest BCUT2D eigenvalue weighted by molar-refractivity contribution is 5.94. The molecule has 3 atom stereocenters. The van der Waals surface area contributed by atoms with Crippen LogP contribution in [0, 0.1) is 24.7 Å². The number of carbonyl (C=O) groups is 1.